The molecular weight excluding hydrogens is 384 g/mol. The van der Waals surface area contributed by atoms with Crippen molar-refractivity contribution in [2.24, 2.45) is 0 Å². The van der Waals surface area contributed by atoms with Crippen LogP contribution in [0.2, 0.25) is 5.02 Å². The summed E-state index contributed by atoms with van der Waals surface area (Å²) in [6.45, 7) is 4.27. The number of rotatable bonds is 6. The molecule has 29 heavy (non-hydrogen) atoms. The molecule has 1 amide bonds. The third-order valence-electron chi connectivity index (χ3n) is 5.45. The number of benzene rings is 2. The van der Waals surface area contributed by atoms with Gasteiger partial charge in [0, 0.05) is 47.2 Å². The van der Waals surface area contributed by atoms with E-state index in [0.29, 0.717) is 10.6 Å². The van der Waals surface area contributed by atoms with Crippen molar-refractivity contribution in [1.82, 2.24) is 14.7 Å². The average Bonchev–Trinajstić information content (AvgIpc) is 3.44. The third-order valence-corrected chi connectivity index (χ3v) is 5.77. The third kappa shape index (κ3) is 4.52. The van der Waals surface area contributed by atoms with Crippen molar-refractivity contribution in [3.8, 4) is 11.1 Å². The van der Waals surface area contributed by atoms with Crippen molar-refractivity contribution in [3.63, 3.8) is 0 Å². The Labute approximate surface area is 176 Å². The van der Waals surface area contributed by atoms with Gasteiger partial charge in [0.25, 0.3) is 5.91 Å². The van der Waals surface area contributed by atoms with E-state index in [1.54, 1.807) is 18.0 Å². The topological polar surface area (TPSA) is 41.4 Å². The van der Waals surface area contributed by atoms with Crippen LogP contribution in [0.4, 0.5) is 5.69 Å². The lowest BCUT2D eigenvalue weighted by atomic mass is 10.1. The van der Waals surface area contributed by atoms with Crippen molar-refractivity contribution in [1.29, 1.82) is 0 Å². The minimum atomic E-state index is -0.0917. The molecule has 1 fully saturated rings. The Hall–Kier alpha value is -2.63. The predicted molar refractivity (Wildman–Crippen MR) is 118 cm³/mol. The minimum Gasteiger partial charge on any atom is -0.311 e. The molecule has 1 aromatic heterocycles. The first-order valence-corrected chi connectivity index (χ1v) is 10.4. The number of likely N-dealkylation sites (tertiary alicyclic amines) is 1. The Morgan fingerprint density at radius 1 is 1.10 bits per heavy atom. The lowest BCUT2D eigenvalue weighted by Crippen LogP contribution is -2.26. The molecule has 0 atom stereocenters. The zero-order chi connectivity index (χ0) is 20.2. The fraction of sp³-hybridized carbons (Fsp3) is 0.304. The number of amides is 1. The van der Waals surface area contributed by atoms with Crippen LogP contribution in [-0.2, 0) is 6.54 Å². The van der Waals surface area contributed by atoms with E-state index in [1.165, 1.54) is 25.9 Å². The van der Waals surface area contributed by atoms with E-state index in [2.05, 4.69) is 10.00 Å². The number of anilines is 1. The van der Waals surface area contributed by atoms with Gasteiger partial charge in [-0.2, -0.15) is 5.10 Å². The molecule has 0 unspecified atom stereocenters. The maximum atomic E-state index is 12.8. The van der Waals surface area contributed by atoms with Crippen LogP contribution in [0, 0.1) is 0 Å². The van der Waals surface area contributed by atoms with E-state index in [4.69, 9.17) is 11.6 Å². The molecule has 0 radical (unpaired) electrons. The Morgan fingerprint density at radius 3 is 2.59 bits per heavy atom. The molecule has 0 saturated carbocycles. The summed E-state index contributed by atoms with van der Waals surface area (Å²) < 4.78 is 1.96. The monoisotopic (exact) mass is 408 g/mol. The van der Waals surface area contributed by atoms with Gasteiger partial charge < -0.3 is 9.80 Å². The molecule has 2 aromatic carbocycles. The molecule has 1 aliphatic rings. The Morgan fingerprint density at radius 2 is 1.86 bits per heavy atom. The standard InChI is InChI=1S/C23H25ClN4O/c1-26(20-7-3-2-4-8-20)23(29)18-9-10-21(22(24)15-18)19-16-25-28(17-19)14-13-27-11-5-6-12-27/h2-4,7-10,15-17H,5-6,11-14H2,1H3. The highest BCUT2D eigenvalue weighted by molar-refractivity contribution is 6.33. The van der Waals surface area contributed by atoms with Gasteiger partial charge in [-0.05, 0) is 50.2 Å². The maximum Gasteiger partial charge on any atom is 0.258 e. The van der Waals surface area contributed by atoms with E-state index in [-0.39, 0.29) is 5.91 Å². The highest BCUT2D eigenvalue weighted by Crippen LogP contribution is 2.29. The van der Waals surface area contributed by atoms with Crippen LogP contribution in [0.3, 0.4) is 0 Å². The summed E-state index contributed by atoms with van der Waals surface area (Å²) in [6, 6.07) is 15.0. The van der Waals surface area contributed by atoms with Crippen molar-refractivity contribution in [3.05, 3.63) is 71.5 Å². The maximum absolute atomic E-state index is 12.8. The van der Waals surface area contributed by atoms with Crippen LogP contribution in [0.1, 0.15) is 23.2 Å². The van der Waals surface area contributed by atoms with Crippen LogP contribution < -0.4 is 4.90 Å². The molecule has 1 aliphatic heterocycles. The Bertz CT molecular complexity index is 980. The van der Waals surface area contributed by atoms with Crippen molar-refractivity contribution < 1.29 is 4.79 Å². The first-order valence-electron chi connectivity index (χ1n) is 9.99. The SMILES string of the molecule is CN(C(=O)c1ccc(-c2cnn(CCN3CCCC3)c2)c(Cl)c1)c1ccccc1. The molecule has 0 spiro atoms. The van der Waals surface area contributed by atoms with Crippen LogP contribution in [0.5, 0.6) is 0 Å². The largest absolute Gasteiger partial charge is 0.311 e. The number of aromatic nitrogens is 2. The van der Waals surface area contributed by atoms with Gasteiger partial charge >= 0.3 is 0 Å². The quantitative estimate of drug-likeness (QED) is 0.599. The number of nitrogens with zero attached hydrogens (tertiary/aromatic N) is 4. The van der Waals surface area contributed by atoms with Gasteiger partial charge in [0.2, 0.25) is 0 Å². The lowest BCUT2D eigenvalue weighted by molar-refractivity contribution is 0.0993. The van der Waals surface area contributed by atoms with Gasteiger partial charge in [0.15, 0.2) is 0 Å². The smallest absolute Gasteiger partial charge is 0.258 e. The Kier molecular flexibility index (Phi) is 5.97. The lowest BCUT2D eigenvalue weighted by Gasteiger charge is -2.17. The Balaban J connectivity index is 1.46. The van der Waals surface area contributed by atoms with E-state index in [1.807, 2.05) is 59.5 Å². The molecule has 6 heteroatoms. The van der Waals surface area contributed by atoms with E-state index < -0.39 is 0 Å². The van der Waals surface area contributed by atoms with E-state index in [0.717, 1.165) is 29.9 Å². The molecule has 1 saturated heterocycles. The zero-order valence-electron chi connectivity index (χ0n) is 16.6. The number of carbonyl (C=O) groups excluding carboxylic acids is 1. The molecule has 0 bridgehead atoms. The second-order valence-corrected chi connectivity index (χ2v) is 7.84. The first-order chi connectivity index (χ1) is 14.1. The van der Waals surface area contributed by atoms with Gasteiger partial charge in [-0.1, -0.05) is 35.9 Å². The average molecular weight is 409 g/mol. The van der Waals surface area contributed by atoms with Crippen LogP contribution in [0.25, 0.3) is 11.1 Å². The fourth-order valence-electron chi connectivity index (χ4n) is 3.72. The van der Waals surface area contributed by atoms with Gasteiger partial charge in [-0.3, -0.25) is 9.48 Å². The summed E-state index contributed by atoms with van der Waals surface area (Å²) in [7, 11) is 1.77. The van der Waals surface area contributed by atoms with E-state index >= 15 is 0 Å². The molecule has 4 rings (SSSR count). The normalized spacial score (nSPS) is 14.3. The van der Waals surface area contributed by atoms with Crippen LogP contribution in [0.15, 0.2) is 60.9 Å². The molecular formula is C23H25ClN4O. The van der Waals surface area contributed by atoms with Gasteiger partial charge in [-0.15, -0.1) is 0 Å². The molecule has 2 heterocycles. The number of carbonyl (C=O) groups is 1. The number of hydrogen-bond donors (Lipinski definition) is 0. The number of halogens is 1. The molecule has 0 aliphatic carbocycles. The summed E-state index contributed by atoms with van der Waals surface area (Å²) >= 11 is 6.53. The fourth-order valence-corrected chi connectivity index (χ4v) is 4.01. The molecule has 0 N–H and O–H groups in total. The zero-order valence-corrected chi connectivity index (χ0v) is 17.3. The first kappa shape index (κ1) is 19.7. The summed E-state index contributed by atoms with van der Waals surface area (Å²) in [4.78, 5) is 16.9. The number of hydrogen-bond acceptors (Lipinski definition) is 3. The van der Waals surface area contributed by atoms with Crippen molar-refractivity contribution in [2.45, 2.75) is 19.4 Å². The van der Waals surface area contributed by atoms with E-state index in [9.17, 15) is 4.79 Å². The van der Waals surface area contributed by atoms with Crippen molar-refractivity contribution in [2.75, 3.05) is 31.6 Å². The van der Waals surface area contributed by atoms with Gasteiger partial charge in [-0.25, -0.2) is 0 Å². The highest BCUT2D eigenvalue weighted by Gasteiger charge is 2.16. The van der Waals surface area contributed by atoms with Gasteiger partial charge in [0.05, 0.1) is 12.7 Å². The number of para-hydroxylation sites is 1. The highest BCUT2D eigenvalue weighted by atomic mass is 35.5. The van der Waals surface area contributed by atoms with Crippen LogP contribution >= 0.6 is 11.6 Å². The summed E-state index contributed by atoms with van der Waals surface area (Å²) in [5, 5.41) is 5.03. The second kappa shape index (κ2) is 8.80. The van der Waals surface area contributed by atoms with Crippen molar-refractivity contribution >= 4 is 23.2 Å². The molecule has 3 aromatic rings. The summed E-state index contributed by atoms with van der Waals surface area (Å²) in [5.41, 5.74) is 3.26. The second-order valence-electron chi connectivity index (χ2n) is 7.44. The van der Waals surface area contributed by atoms with Gasteiger partial charge in [0.1, 0.15) is 0 Å². The van der Waals surface area contributed by atoms with Crippen LogP contribution in [-0.4, -0.2) is 47.3 Å². The molecule has 150 valence electrons. The minimum absolute atomic E-state index is 0.0917. The predicted octanol–water partition coefficient (Wildman–Crippen LogP) is 4.58. The summed E-state index contributed by atoms with van der Waals surface area (Å²) in [6.07, 6.45) is 6.45. The molecule has 5 nitrogen and oxygen atoms in total. The summed E-state index contributed by atoms with van der Waals surface area (Å²) in [5.74, 6) is -0.0917.